The molecule has 4 aromatic carbocycles. The van der Waals surface area contributed by atoms with E-state index in [0.29, 0.717) is 50.1 Å². The summed E-state index contributed by atoms with van der Waals surface area (Å²) < 4.78 is 107. The van der Waals surface area contributed by atoms with E-state index < -0.39 is 30.4 Å². The molecule has 8 aromatic rings. The van der Waals surface area contributed by atoms with Crippen molar-refractivity contribution in [2.75, 3.05) is 10.2 Å². The molecule has 4 aromatic heterocycles. The third-order valence-electron chi connectivity index (χ3n) is 11.2. The third kappa shape index (κ3) is 9.47. The standard InChI is InChI=1S/C45H42N10O9S5/c1-8-27-17-23(4)18-28(9-2)40(27)50-42-39(51-52-43-32(22-46)26(7)53-55(43)45-48-34-15-13-30(68(59,60)61)21-37(34)66-45)25(6)19-38(49-42)54(35-16-11-24(5)41(31(35)10-3)69(62,63)64)44-47-33-14-12-29(67(56,57)58)20-36(33)65-44/h11-21H,8-10H2,1-7H3,(H,49,50)(H,56,57,58)(H,59,60,61)(H,62,63,64). The van der Waals surface area contributed by atoms with Crippen molar-refractivity contribution in [1.29, 1.82) is 5.26 Å². The number of rotatable bonds is 14. The maximum Gasteiger partial charge on any atom is 0.295 e. The second kappa shape index (κ2) is 18.4. The highest BCUT2D eigenvalue weighted by atomic mass is 32.2. The molecule has 0 aliphatic heterocycles. The van der Waals surface area contributed by atoms with Crippen LogP contribution in [0.2, 0.25) is 0 Å². The molecule has 0 saturated heterocycles. The minimum Gasteiger partial charge on any atom is -0.338 e. The van der Waals surface area contributed by atoms with E-state index in [2.05, 4.69) is 38.7 Å². The van der Waals surface area contributed by atoms with Crippen molar-refractivity contribution in [3.8, 4) is 11.2 Å². The molecule has 0 atom stereocenters. The lowest BCUT2D eigenvalue weighted by Crippen LogP contribution is -2.17. The monoisotopic (exact) mass is 1030 g/mol. The van der Waals surface area contributed by atoms with Gasteiger partial charge in [0, 0.05) is 5.69 Å². The zero-order valence-electron chi connectivity index (χ0n) is 37.8. The summed E-state index contributed by atoms with van der Waals surface area (Å²) in [5, 5.41) is 28.3. The number of fused-ring (bicyclic) bond motifs is 2. The van der Waals surface area contributed by atoms with Gasteiger partial charge in [-0.05, 0) is 123 Å². The van der Waals surface area contributed by atoms with Gasteiger partial charge < -0.3 is 5.32 Å². The molecule has 19 nitrogen and oxygen atoms in total. The topological polar surface area (TPSA) is 283 Å². The predicted molar refractivity (Wildman–Crippen MR) is 264 cm³/mol. The fraction of sp³-hybridized carbons (Fsp3) is 0.222. The molecule has 0 radical (unpaired) electrons. The maximum atomic E-state index is 13.0. The number of nitrogens with zero attached hydrogens (tertiary/aromatic N) is 9. The molecule has 0 unspecified atom stereocenters. The summed E-state index contributed by atoms with van der Waals surface area (Å²) in [5.74, 6) is 0.382. The smallest absolute Gasteiger partial charge is 0.295 e. The Morgan fingerprint density at radius 3 is 1.90 bits per heavy atom. The van der Waals surface area contributed by atoms with Crippen LogP contribution in [0.15, 0.2) is 91.6 Å². The van der Waals surface area contributed by atoms with Crippen LogP contribution < -0.4 is 10.2 Å². The SMILES string of the molecule is CCc1cc(C)cc(CC)c1Nc1nc(N(c2nc3ccc(S(=O)(=O)O)cc3s2)c2ccc(C)c(S(=O)(=O)O)c2CC)cc(C)c1N=Nc1c(C#N)c(C)nn1-c1nc2ccc(S(=O)(=O)O)cc2s1. The van der Waals surface area contributed by atoms with E-state index in [0.717, 1.165) is 45.1 Å². The van der Waals surface area contributed by atoms with Crippen molar-refractivity contribution in [3.63, 3.8) is 0 Å². The molecule has 0 saturated carbocycles. The Morgan fingerprint density at radius 1 is 0.725 bits per heavy atom. The Labute approximate surface area is 405 Å². The highest BCUT2D eigenvalue weighted by Crippen LogP contribution is 2.46. The molecule has 0 fully saturated rings. The van der Waals surface area contributed by atoms with Crippen molar-refractivity contribution in [1.82, 2.24) is 24.7 Å². The van der Waals surface area contributed by atoms with Gasteiger partial charge in [-0.2, -0.15) is 40.3 Å². The zero-order chi connectivity index (χ0) is 49.9. The van der Waals surface area contributed by atoms with Crippen LogP contribution in [0.5, 0.6) is 0 Å². The number of aryl methyl sites for hydroxylation is 6. The Bertz CT molecular complexity index is 3810. The van der Waals surface area contributed by atoms with E-state index in [-0.39, 0.29) is 71.3 Å². The van der Waals surface area contributed by atoms with Gasteiger partial charge in [0.05, 0.1) is 41.6 Å². The first-order valence-corrected chi connectivity index (χ1v) is 27.0. The van der Waals surface area contributed by atoms with Crippen molar-refractivity contribution in [2.45, 2.75) is 82.4 Å². The van der Waals surface area contributed by atoms with Gasteiger partial charge in [-0.15, -0.1) is 10.2 Å². The molecule has 0 bridgehead atoms. The van der Waals surface area contributed by atoms with E-state index >= 15 is 0 Å². The molecule has 24 heteroatoms. The molecule has 4 heterocycles. The summed E-state index contributed by atoms with van der Waals surface area (Å²) in [5.41, 5.74) is 6.40. The first-order valence-electron chi connectivity index (χ1n) is 21.0. The van der Waals surface area contributed by atoms with Crippen molar-refractivity contribution in [3.05, 3.63) is 111 Å². The summed E-state index contributed by atoms with van der Waals surface area (Å²) in [4.78, 5) is 15.3. The number of nitriles is 1. The zero-order valence-corrected chi connectivity index (χ0v) is 41.9. The van der Waals surface area contributed by atoms with Gasteiger partial charge in [-0.25, -0.2) is 15.0 Å². The van der Waals surface area contributed by atoms with Crippen LogP contribution in [-0.2, 0) is 49.6 Å². The molecular weight excluding hydrogens is 985 g/mol. The maximum absolute atomic E-state index is 13.0. The van der Waals surface area contributed by atoms with Crippen LogP contribution in [0.25, 0.3) is 25.6 Å². The number of nitrogens with one attached hydrogen (secondary N) is 1. The molecule has 69 heavy (non-hydrogen) atoms. The average Bonchev–Trinajstić information content (AvgIpc) is 3.99. The van der Waals surface area contributed by atoms with Crippen LogP contribution in [0, 0.1) is 39.0 Å². The van der Waals surface area contributed by atoms with Crippen molar-refractivity contribution < 1.29 is 38.9 Å². The number of hydrogen-bond donors (Lipinski definition) is 4. The Hall–Kier alpha value is -6.56. The third-order valence-corrected chi connectivity index (χ3v) is 16.0. The minimum absolute atomic E-state index is 0.00247. The van der Waals surface area contributed by atoms with Crippen LogP contribution in [0.1, 0.15) is 65.4 Å². The lowest BCUT2D eigenvalue weighted by Gasteiger charge is -2.27. The lowest BCUT2D eigenvalue weighted by atomic mass is 9.99. The van der Waals surface area contributed by atoms with Crippen LogP contribution in [0.4, 0.5) is 39.6 Å². The molecule has 4 N–H and O–H groups in total. The lowest BCUT2D eigenvalue weighted by molar-refractivity contribution is 0.479. The van der Waals surface area contributed by atoms with E-state index in [1.54, 1.807) is 50.8 Å². The molecule has 356 valence electrons. The van der Waals surface area contributed by atoms with E-state index in [4.69, 9.17) is 15.1 Å². The van der Waals surface area contributed by atoms with Gasteiger partial charge >= 0.3 is 0 Å². The number of thiazole rings is 2. The van der Waals surface area contributed by atoms with Crippen LogP contribution >= 0.6 is 22.7 Å². The first kappa shape index (κ1) is 48.9. The Kier molecular flexibility index (Phi) is 13.0. The highest BCUT2D eigenvalue weighted by molar-refractivity contribution is 7.86. The number of hydrogen-bond acceptors (Lipinski definition) is 17. The van der Waals surface area contributed by atoms with Gasteiger partial charge in [0.1, 0.15) is 28.0 Å². The van der Waals surface area contributed by atoms with E-state index in [1.165, 1.54) is 41.1 Å². The summed E-state index contributed by atoms with van der Waals surface area (Å²) in [7, 11) is -13.9. The van der Waals surface area contributed by atoms with Gasteiger partial charge in [0.2, 0.25) is 5.13 Å². The average molecular weight is 1030 g/mol. The summed E-state index contributed by atoms with van der Waals surface area (Å²) >= 11 is 2.10. The van der Waals surface area contributed by atoms with E-state index in [9.17, 15) is 44.2 Å². The van der Waals surface area contributed by atoms with Crippen molar-refractivity contribution in [2.24, 2.45) is 10.2 Å². The molecule has 0 spiro atoms. The predicted octanol–water partition coefficient (Wildman–Crippen LogP) is 10.6. The largest absolute Gasteiger partial charge is 0.338 e. The Morgan fingerprint density at radius 2 is 1.33 bits per heavy atom. The normalized spacial score (nSPS) is 12.4. The molecule has 0 aliphatic carbocycles. The number of pyridine rings is 1. The molecule has 0 amide bonds. The van der Waals surface area contributed by atoms with Gasteiger partial charge in [0.25, 0.3) is 30.4 Å². The second-order valence-corrected chi connectivity index (χ2v) is 22.1. The first-order chi connectivity index (χ1) is 32.5. The fourth-order valence-electron chi connectivity index (χ4n) is 7.99. The number of benzene rings is 4. The number of aromatic nitrogens is 5. The Balaban J connectivity index is 1.39. The summed E-state index contributed by atoms with van der Waals surface area (Å²) in [6.45, 7) is 12.7. The number of anilines is 5. The second-order valence-electron chi connectivity index (χ2n) is 15.9. The van der Waals surface area contributed by atoms with Gasteiger partial charge in [0.15, 0.2) is 16.8 Å². The van der Waals surface area contributed by atoms with Crippen LogP contribution in [-0.4, -0.2) is 63.6 Å². The molecule has 8 rings (SSSR count). The van der Waals surface area contributed by atoms with Gasteiger partial charge in [-0.1, -0.05) is 67.2 Å². The molecule has 0 aliphatic rings. The fourth-order valence-corrected chi connectivity index (χ4v) is 12.2. The van der Waals surface area contributed by atoms with E-state index in [1.807, 2.05) is 20.8 Å². The quantitative estimate of drug-likeness (QED) is 0.0582. The highest BCUT2D eigenvalue weighted by Gasteiger charge is 2.29. The summed E-state index contributed by atoms with van der Waals surface area (Å²) in [6, 6.07) is 19.0. The molecular formula is C45H42N10O9S5. The number of azo groups is 1. The van der Waals surface area contributed by atoms with Gasteiger partial charge in [-0.3, -0.25) is 18.6 Å². The van der Waals surface area contributed by atoms with Crippen molar-refractivity contribution >= 4 is 113 Å². The summed E-state index contributed by atoms with van der Waals surface area (Å²) in [6.07, 6.45) is 1.40. The minimum atomic E-state index is -4.77. The van der Waals surface area contributed by atoms with Crippen LogP contribution in [0.3, 0.4) is 0 Å².